The minimum absolute atomic E-state index is 0.657. The van der Waals surface area contributed by atoms with Crippen LogP contribution < -0.4 is 11.1 Å². The molecule has 2 aromatic rings. The monoisotopic (exact) mass is 247 g/mol. The smallest absolute Gasteiger partial charge is 0.153 e. The Morgan fingerprint density at radius 1 is 1.18 bits per heavy atom. The van der Waals surface area contributed by atoms with Gasteiger partial charge >= 0.3 is 0 Å². The zero-order chi connectivity index (χ0) is 12.4. The van der Waals surface area contributed by atoms with Gasteiger partial charge in [0, 0.05) is 16.9 Å². The van der Waals surface area contributed by atoms with E-state index in [1.165, 1.54) is 0 Å². The summed E-state index contributed by atoms with van der Waals surface area (Å²) >= 11 is 6.06. The number of hydrogen-bond donors (Lipinski definition) is 2. The van der Waals surface area contributed by atoms with Gasteiger partial charge in [-0.05, 0) is 43.2 Å². The molecule has 2 rings (SSSR count). The highest BCUT2D eigenvalue weighted by Gasteiger charge is 2.04. The Bertz CT molecular complexity index is 552. The topological polar surface area (TPSA) is 50.9 Å². The molecule has 0 fully saturated rings. The predicted octanol–water partition coefficient (Wildman–Crippen LogP) is 3.68. The van der Waals surface area contributed by atoms with Crippen molar-refractivity contribution in [1.29, 1.82) is 0 Å². The Morgan fingerprint density at radius 3 is 2.65 bits per heavy atom. The van der Waals surface area contributed by atoms with Crippen LogP contribution in [0.15, 0.2) is 30.5 Å². The fraction of sp³-hybridized carbons (Fsp3) is 0.154. The van der Waals surface area contributed by atoms with Crippen LogP contribution in [0.25, 0.3) is 0 Å². The van der Waals surface area contributed by atoms with E-state index in [4.69, 9.17) is 17.3 Å². The summed E-state index contributed by atoms with van der Waals surface area (Å²) in [7, 11) is 0. The van der Waals surface area contributed by atoms with Crippen LogP contribution in [0.2, 0.25) is 5.02 Å². The zero-order valence-electron chi connectivity index (χ0n) is 9.79. The Labute approximate surface area is 106 Å². The first-order valence-electron chi connectivity index (χ1n) is 5.32. The molecular formula is C13H14ClN3. The van der Waals surface area contributed by atoms with Crippen molar-refractivity contribution in [2.45, 2.75) is 13.8 Å². The molecule has 0 spiro atoms. The third-order valence-electron chi connectivity index (χ3n) is 2.64. The van der Waals surface area contributed by atoms with Gasteiger partial charge in [0.25, 0.3) is 0 Å². The van der Waals surface area contributed by atoms with Gasteiger partial charge < -0.3 is 11.1 Å². The Morgan fingerprint density at radius 2 is 1.94 bits per heavy atom. The molecule has 1 aromatic heterocycles. The molecule has 3 N–H and O–H groups in total. The first-order valence-corrected chi connectivity index (χ1v) is 5.70. The quantitative estimate of drug-likeness (QED) is 0.851. The lowest BCUT2D eigenvalue weighted by atomic mass is 10.2. The van der Waals surface area contributed by atoms with Crippen LogP contribution in [0.1, 0.15) is 11.1 Å². The number of anilines is 3. The SMILES string of the molecule is Cc1ccc(Nc2nccc(C)c2N)cc1Cl. The maximum absolute atomic E-state index is 6.06. The van der Waals surface area contributed by atoms with E-state index in [1.807, 2.05) is 38.1 Å². The number of nitrogens with one attached hydrogen (secondary N) is 1. The second kappa shape index (κ2) is 4.63. The summed E-state index contributed by atoms with van der Waals surface area (Å²) in [5.74, 6) is 0.657. The number of halogens is 1. The molecule has 0 aliphatic heterocycles. The lowest BCUT2D eigenvalue weighted by Crippen LogP contribution is -2.00. The van der Waals surface area contributed by atoms with E-state index < -0.39 is 0 Å². The van der Waals surface area contributed by atoms with Crippen molar-refractivity contribution >= 4 is 28.8 Å². The molecule has 0 aliphatic carbocycles. The van der Waals surface area contributed by atoms with E-state index in [-0.39, 0.29) is 0 Å². The standard InChI is InChI=1S/C13H14ClN3/c1-8-3-4-10(7-11(8)14)17-13-12(15)9(2)5-6-16-13/h3-7H,15H2,1-2H3,(H,16,17). The first kappa shape index (κ1) is 11.7. The van der Waals surface area contributed by atoms with Crippen LogP contribution in [0.4, 0.5) is 17.2 Å². The van der Waals surface area contributed by atoms with Gasteiger partial charge in [0.05, 0.1) is 5.69 Å². The van der Waals surface area contributed by atoms with E-state index in [0.717, 1.165) is 21.8 Å². The Balaban J connectivity index is 2.31. The molecule has 0 aliphatic rings. The number of benzene rings is 1. The second-order valence-electron chi connectivity index (χ2n) is 3.98. The molecule has 0 amide bonds. The molecule has 0 saturated heterocycles. The van der Waals surface area contributed by atoms with Crippen molar-refractivity contribution in [3.05, 3.63) is 46.6 Å². The van der Waals surface area contributed by atoms with E-state index in [1.54, 1.807) is 6.20 Å². The molecule has 3 nitrogen and oxygen atoms in total. The highest BCUT2D eigenvalue weighted by atomic mass is 35.5. The van der Waals surface area contributed by atoms with Crippen LogP contribution >= 0.6 is 11.6 Å². The maximum atomic E-state index is 6.06. The number of nitrogens with two attached hydrogens (primary N) is 1. The van der Waals surface area contributed by atoms with E-state index in [0.29, 0.717) is 11.5 Å². The maximum Gasteiger partial charge on any atom is 0.153 e. The third kappa shape index (κ3) is 2.50. The van der Waals surface area contributed by atoms with Crippen LogP contribution in [0, 0.1) is 13.8 Å². The molecule has 1 aromatic carbocycles. The summed E-state index contributed by atoms with van der Waals surface area (Å²) in [6, 6.07) is 7.64. The van der Waals surface area contributed by atoms with Crippen LogP contribution in [-0.2, 0) is 0 Å². The lowest BCUT2D eigenvalue weighted by Gasteiger charge is -2.10. The highest BCUT2D eigenvalue weighted by Crippen LogP contribution is 2.26. The van der Waals surface area contributed by atoms with E-state index in [9.17, 15) is 0 Å². The van der Waals surface area contributed by atoms with E-state index in [2.05, 4.69) is 10.3 Å². The Kier molecular flexibility index (Phi) is 3.20. The molecule has 0 unspecified atom stereocenters. The van der Waals surface area contributed by atoms with Gasteiger partial charge in [-0.15, -0.1) is 0 Å². The average molecular weight is 248 g/mol. The lowest BCUT2D eigenvalue weighted by molar-refractivity contribution is 1.28. The predicted molar refractivity (Wildman–Crippen MR) is 72.9 cm³/mol. The van der Waals surface area contributed by atoms with Gasteiger partial charge in [-0.1, -0.05) is 17.7 Å². The summed E-state index contributed by atoms with van der Waals surface area (Å²) in [4.78, 5) is 4.21. The fourth-order valence-corrected chi connectivity index (χ4v) is 1.66. The molecule has 1 heterocycles. The molecular weight excluding hydrogens is 234 g/mol. The minimum atomic E-state index is 0.657. The van der Waals surface area contributed by atoms with Crippen molar-refractivity contribution in [1.82, 2.24) is 4.98 Å². The molecule has 0 saturated carbocycles. The van der Waals surface area contributed by atoms with Crippen molar-refractivity contribution in [2.24, 2.45) is 0 Å². The number of pyridine rings is 1. The molecule has 88 valence electrons. The van der Waals surface area contributed by atoms with Gasteiger partial charge in [-0.2, -0.15) is 0 Å². The molecule has 0 bridgehead atoms. The number of nitrogen functional groups attached to an aromatic ring is 1. The van der Waals surface area contributed by atoms with Crippen molar-refractivity contribution in [2.75, 3.05) is 11.1 Å². The summed E-state index contributed by atoms with van der Waals surface area (Å²) in [5.41, 5.74) is 9.52. The molecule has 0 radical (unpaired) electrons. The molecule has 0 atom stereocenters. The number of nitrogens with zero attached hydrogens (tertiary/aromatic N) is 1. The Hall–Kier alpha value is -1.74. The summed E-state index contributed by atoms with van der Waals surface area (Å²) in [5, 5.41) is 3.88. The number of hydrogen-bond acceptors (Lipinski definition) is 3. The average Bonchev–Trinajstić information content (AvgIpc) is 2.30. The van der Waals surface area contributed by atoms with Crippen molar-refractivity contribution in [3.8, 4) is 0 Å². The second-order valence-corrected chi connectivity index (χ2v) is 4.39. The number of rotatable bonds is 2. The highest BCUT2D eigenvalue weighted by molar-refractivity contribution is 6.31. The van der Waals surface area contributed by atoms with Gasteiger partial charge in [0.1, 0.15) is 0 Å². The first-order chi connectivity index (χ1) is 8.08. The number of aromatic nitrogens is 1. The van der Waals surface area contributed by atoms with Crippen LogP contribution in [-0.4, -0.2) is 4.98 Å². The normalized spacial score (nSPS) is 10.3. The minimum Gasteiger partial charge on any atom is -0.396 e. The van der Waals surface area contributed by atoms with Crippen LogP contribution in [0.3, 0.4) is 0 Å². The van der Waals surface area contributed by atoms with Crippen molar-refractivity contribution < 1.29 is 0 Å². The van der Waals surface area contributed by atoms with E-state index >= 15 is 0 Å². The summed E-state index contributed by atoms with van der Waals surface area (Å²) < 4.78 is 0. The van der Waals surface area contributed by atoms with Crippen molar-refractivity contribution in [3.63, 3.8) is 0 Å². The molecule has 4 heteroatoms. The molecule has 17 heavy (non-hydrogen) atoms. The fourth-order valence-electron chi connectivity index (χ4n) is 1.48. The summed E-state index contributed by atoms with van der Waals surface area (Å²) in [6.07, 6.45) is 1.73. The van der Waals surface area contributed by atoms with Gasteiger partial charge in [0.15, 0.2) is 5.82 Å². The summed E-state index contributed by atoms with van der Waals surface area (Å²) in [6.45, 7) is 3.91. The third-order valence-corrected chi connectivity index (χ3v) is 3.05. The number of aryl methyl sites for hydroxylation is 2. The van der Waals surface area contributed by atoms with Crippen LogP contribution in [0.5, 0.6) is 0 Å². The largest absolute Gasteiger partial charge is 0.396 e. The van der Waals surface area contributed by atoms with Gasteiger partial charge in [-0.25, -0.2) is 4.98 Å². The zero-order valence-corrected chi connectivity index (χ0v) is 10.5. The van der Waals surface area contributed by atoms with Gasteiger partial charge in [-0.3, -0.25) is 0 Å². The van der Waals surface area contributed by atoms with Gasteiger partial charge in [0.2, 0.25) is 0 Å².